The maximum Gasteiger partial charge on any atom is 0.186 e. The highest BCUT2D eigenvalue weighted by Gasteiger charge is 2.15. The SMILES string of the molecule is Cc1sc(N(Cc2ccccc2)Cc2cccnc2)nc1C=O. The van der Waals surface area contributed by atoms with Gasteiger partial charge in [-0.05, 0) is 24.1 Å². The summed E-state index contributed by atoms with van der Waals surface area (Å²) >= 11 is 1.55. The van der Waals surface area contributed by atoms with Crippen LogP contribution in [0.5, 0.6) is 0 Å². The summed E-state index contributed by atoms with van der Waals surface area (Å²) < 4.78 is 0. The number of aromatic nitrogens is 2. The number of rotatable bonds is 6. The molecule has 1 aromatic carbocycles. The lowest BCUT2D eigenvalue weighted by atomic mass is 10.2. The minimum absolute atomic E-state index is 0.522. The summed E-state index contributed by atoms with van der Waals surface area (Å²) in [5.41, 5.74) is 2.84. The van der Waals surface area contributed by atoms with E-state index in [2.05, 4.69) is 27.0 Å². The molecular weight excluding hydrogens is 306 g/mol. The van der Waals surface area contributed by atoms with E-state index in [1.807, 2.05) is 43.5 Å². The molecule has 23 heavy (non-hydrogen) atoms. The maximum absolute atomic E-state index is 11.1. The van der Waals surface area contributed by atoms with E-state index in [4.69, 9.17) is 0 Å². The molecule has 2 aromatic heterocycles. The van der Waals surface area contributed by atoms with Gasteiger partial charge in [-0.25, -0.2) is 4.98 Å². The number of hydrogen-bond acceptors (Lipinski definition) is 5. The molecule has 0 unspecified atom stereocenters. The third-order valence-corrected chi connectivity index (χ3v) is 4.56. The Morgan fingerprint density at radius 2 is 1.83 bits per heavy atom. The molecule has 0 radical (unpaired) electrons. The van der Waals surface area contributed by atoms with Crippen molar-refractivity contribution in [1.82, 2.24) is 9.97 Å². The van der Waals surface area contributed by atoms with E-state index >= 15 is 0 Å². The van der Waals surface area contributed by atoms with Crippen LogP contribution in [-0.4, -0.2) is 16.3 Å². The van der Waals surface area contributed by atoms with Crippen LogP contribution in [0.25, 0.3) is 0 Å². The van der Waals surface area contributed by atoms with Crippen LogP contribution < -0.4 is 4.90 Å². The van der Waals surface area contributed by atoms with Gasteiger partial charge in [0.1, 0.15) is 5.69 Å². The largest absolute Gasteiger partial charge is 0.339 e. The topological polar surface area (TPSA) is 46.1 Å². The van der Waals surface area contributed by atoms with Crippen molar-refractivity contribution in [2.24, 2.45) is 0 Å². The van der Waals surface area contributed by atoms with Gasteiger partial charge in [0.2, 0.25) is 0 Å². The summed E-state index contributed by atoms with van der Waals surface area (Å²) in [7, 11) is 0. The molecule has 0 saturated carbocycles. The molecule has 3 aromatic rings. The zero-order valence-corrected chi connectivity index (χ0v) is 13.7. The number of nitrogens with zero attached hydrogens (tertiary/aromatic N) is 3. The predicted octanol–water partition coefficient (Wildman–Crippen LogP) is 3.87. The third-order valence-electron chi connectivity index (χ3n) is 3.52. The monoisotopic (exact) mass is 323 g/mol. The normalized spacial score (nSPS) is 10.5. The summed E-state index contributed by atoms with van der Waals surface area (Å²) in [5, 5.41) is 0.859. The van der Waals surface area contributed by atoms with Gasteiger partial charge in [0.05, 0.1) is 0 Å². The quantitative estimate of drug-likeness (QED) is 0.646. The van der Waals surface area contributed by atoms with Crippen LogP contribution in [0.1, 0.15) is 26.5 Å². The molecule has 0 spiro atoms. The van der Waals surface area contributed by atoms with Crippen molar-refractivity contribution in [2.75, 3.05) is 4.90 Å². The molecule has 0 amide bonds. The highest BCUT2D eigenvalue weighted by Crippen LogP contribution is 2.27. The standard InChI is InChI=1S/C18H17N3OS/c1-14-17(13-22)20-18(23-14)21(11-15-6-3-2-4-7-15)12-16-8-5-9-19-10-16/h2-10,13H,11-12H2,1H3. The van der Waals surface area contributed by atoms with Gasteiger partial charge >= 0.3 is 0 Å². The molecule has 3 rings (SSSR count). The van der Waals surface area contributed by atoms with Crippen molar-refractivity contribution in [2.45, 2.75) is 20.0 Å². The molecule has 0 bridgehead atoms. The number of benzene rings is 1. The summed E-state index contributed by atoms with van der Waals surface area (Å²) in [5.74, 6) is 0. The Balaban J connectivity index is 1.90. The molecule has 0 saturated heterocycles. The fraction of sp³-hybridized carbons (Fsp3) is 0.167. The lowest BCUT2D eigenvalue weighted by Crippen LogP contribution is -2.22. The third kappa shape index (κ3) is 3.81. The van der Waals surface area contributed by atoms with E-state index in [1.54, 1.807) is 17.5 Å². The molecule has 0 N–H and O–H groups in total. The van der Waals surface area contributed by atoms with Crippen molar-refractivity contribution in [3.63, 3.8) is 0 Å². The number of carbonyl (C=O) groups excluding carboxylic acids is 1. The average molecular weight is 323 g/mol. The lowest BCUT2D eigenvalue weighted by molar-refractivity contribution is 0.111. The zero-order chi connectivity index (χ0) is 16.1. The van der Waals surface area contributed by atoms with E-state index in [-0.39, 0.29) is 0 Å². The van der Waals surface area contributed by atoms with Crippen molar-refractivity contribution in [1.29, 1.82) is 0 Å². The zero-order valence-electron chi connectivity index (χ0n) is 12.8. The average Bonchev–Trinajstić information content (AvgIpc) is 2.97. The minimum atomic E-state index is 0.522. The molecule has 0 aliphatic rings. The van der Waals surface area contributed by atoms with Gasteiger partial charge in [-0.1, -0.05) is 36.4 Å². The van der Waals surface area contributed by atoms with E-state index in [0.717, 1.165) is 28.4 Å². The van der Waals surface area contributed by atoms with Crippen LogP contribution in [0.4, 0.5) is 5.13 Å². The summed E-state index contributed by atoms with van der Waals surface area (Å²) in [6.07, 6.45) is 4.45. The Kier molecular flexibility index (Phi) is 4.78. The van der Waals surface area contributed by atoms with Gasteiger partial charge in [-0.3, -0.25) is 9.78 Å². The highest BCUT2D eigenvalue weighted by molar-refractivity contribution is 7.15. The van der Waals surface area contributed by atoms with Crippen molar-refractivity contribution < 1.29 is 4.79 Å². The van der Waals surface area contributed by atoms with Crippen molar-refractivity contribution >= 4 is 22.8 Å². The number of pyridine rings is 1. The number of carbonyl (C=O) groups is 1. The second-order valence-corrected chi connectivity index (χ2v) is 6.44. The number of hydrogen-bond donors (Lipinski definition) is 0. The van der Waals surface area contributed by atoms with Gasteiger partial charge in [0, 0.05) is 30.4 Å². The molecule has 0 atom stereocenters. The molecule has 0 aliphatic heterocycles. The van der Waals surface area contributed by atoms with E-state index < -0.39 is 0 Å². The summed E-state index contributed by atoms with van der Waals surface area (Å²) in [6.45, 7) is 3.37. The Hall–Kier alpha value is -2.53. The van der Waals surface area contributed by atoms with Crippen LogP contribution >= 0.6 is 11.3 Å². The Bertz CT molecular complexity index is 730. The molecule has 0 aliphatic carbocycles. The summed E-state index contributed by atoms with van der Waals surface area (Å²) in [4.78, 5) is 22.9. The van der Waals surface area contributed by atoms with Gasteiger partial charge in [-0.2, -0.15) is 0 Å². The summed E-state index contributed by atoms with van der Waals surface area (Å²) in [6, 6.07) is 14.2. The predicted molar refractivity (Wildman–Crippen MR) is 92.8 cm³/mol. The van der Waals surface area contributed by atoms with E-state index in [9.17, 15) is 4.79 Å². The van der Waals surface area contributed by atoms with E-state index in [1.165, 1.54) is 5.56 Å². The molecule has 0 fully saturated rings. The van der Waals surface area contributed by atoms with Crippen LogP contribution in [0.2, 0.25) is 0 Å². The Morgan fingerprint density at radius 3 is 2.48 bits per heavy atom. The van der Waals surface area contributed by atoms with Gasteiger partial charge in [-0.15, -0.1) is 11.3 Å². The van der Waals surface area contributed by atoms with Crippen LogP contribution in [-0.2, 0) is 13.1 Å². The van der Waals surface area contributed by atoms with Crippen molar-refractivity contribution in [3.8, 4) is 0 Å². The van der Waals surface area contributed by atoms with Gasteiger partial charge < -0.3 is 4.90 Å². The number of thiazole rings is 1. The first-order valence-electron chi connectivity index (χ1n) is 7.36. The smallest absolute Gasteiger partial charge is 0.186 e. The second-order valence-electron chi connectivity index (χ2n) is 5.26. The fourth-order valence-corrected chi connectivity index (χ4v) is 3.22. The van der Waals surface area contributed by atoms with Crippen molar-refractivity contribution in [3.05, 3.63) is 76.6 Å². The van der Waals surface area contributed by atoms with Crippen LogP contribution in [0, 0.1) is 6.92 Å². The fourth-order valence-electron chi connectivity index (χ4n) is 2.35. The number of aldehydes is 1. The molecule has 5 heteroatoms. The van der Waals surface area contributed by atoms with Gasteiger partial charge in [0.15, 0.2) is 11.4 Å². The van der Waals surface area contributed by atoms with Crippen LogP contribution in [0.3, 0.4) is 0 Å². The first kappa shape index (κ1) is 15.4. The minimum Gasteiger partial charge on any atom is -0.339 e. The maximum atomic E-state index is 11.1. The number of aryl methyl sites for hydroxylation is 1. The number of anilines is 1. The molecule has 2 heterocycles. The molecule has 4 nitrogen and oxygen atoms in total. The lowest BCUT2D eigenvalue weighted by Gasteiger charge is -2.22. The van der Waals surface area contributed by atoms with E-state index in [0.29, 0.717) is 12.2 Å². The Morgan fingerprint density at radius 1 is 1.09 bits per heavy atom. The molecule has 116 valence electrons. The van der Waals surface area contributed by atoms with Gasteiger partial charge in [0.25, 0.3) is 0 Å². The first-order chi connectivity index (χ1) is 11.3. The molecular formula is C18H17N3OS. The Labute approximate surface area is 139 Å². The van der Waals surface area contributed by atoms with Crippen LogP contribution in [0.15, 0.2) is 54.9 Å². The second kappa shape index (κ2) is 7.15. The highest BCUT2D eigenvalue weighted by atomic mass is 32.1. The first-order valence-corrected chi connectivity index (χ1v) is 8.18.